The lowest BCUT2D eigenvalue weighted by atomic mass is 9.94. The predicted octanol–water partition coefficient (Wildman–Crippen LogP) is 4.55. The van der Waals surface area contributed by atoms with Crippen molar-refractivity contribution in [3.8, 4) is 0 Å². The maximum absolute atomic E-state index is 5.99. The summed E-state index contributed by atoms with van der Waals surface area (Å²) >= 11 is 0. The third kappa shape index (κ3) is 8.63. The number of nitrogens with zero attached hydrogens (tertiary/aromatic N) is 2. The molecule has 0 aromatic carbocycles. The van der Waals surface area contributed by atoms with Gasteiger partial charge in [-0.25, -0.2) is 9.98 Å². The number of hydrogen-bond donors (Lipinski definition) is 2. The number of nitrogens with one attached hydrogen (secondary N) is 2. The van der Waals surface area contributed by atoms with Crippen molar-refractivity contribution in [3.63, 3.8) is 0 Å². The fourth-order valence-electron chi connectivity index (χ4n) is 3.31. The summed E-state index contributed by atoms with van der Waals surface area (Å²) in [6.45, 7) is 11.5. The lowest BCUT2D eigenvalue weighted by molar-refractivity contribution is 0.0264. The number of aliphatic imine (C=N–C) groups is 1. The second kappa shape index (κ2) is 12.1. The summed E-state index contributed by atoms with van der Waals surface area (Å²) < 4.78 is 11.8. The van der Waals surface area contributed by atoms with Crippen LogP contribution >= 0.6 is 0 Å². The van der Waals surface area contributed by atoms with E-state index in [1.165, 1.54) is 38.5 Å². The van der Waals surface area contributed by atoms with Crippen LogP contribution in [0.25, 0.3) is 0 Å². The van der Waals surface area contributed by atoms with Gasteiger partial charge in [0.25, 0.3) is 0 Å². The van der Waals surface area contributed by atoms with Crippen molar-refractivity contribution in [1.82, 2.24) is 15.6 Å². The molecular weight excluding hydrogens is 352 g/mol. The minimum atomic E-state index is -0.0294. The van der Waals surface area contributed by atoms with Crippen LogP contribution in [0.4, 0.5) is 0 Å². The van der Waals surface area contributed by atoms with Crippen LogP contribution in [-0.2, 0) is 16.7 Å². The van der Waals surface area contributed by atoms with Gasteiger partial charge in [0.05, 0.1) is 12.3 Å². The van der Waals surface area contributed by atoms with Crippen LogP contribution in [0.5, 0.6) is 0 Å². The molecule has 0 amide bonds. The first-order chi connectivity index (χ1) is 13.5. The molecule has 0 radical (unpaired) electrons. The summed E-state index contributed by atoms with van der Waals surface area (Å²) in [7, 11) is 0. The molecule has 0 saturated heterocycles. The summed E-state index contributed by atoms with van der Waals surface area (Å²) in [6.07, 6.45) is 12.3. The molecule has 1 aromatic rings. The molecule has 1 fully saturated rings. The smallest absolute Gasteiger partial charge is 0.216 e. The van der Waals surface area contributed by atoms with Gasteiger partial charge in [-0.3, -0.25) is 0 Å². The lowest BCUT2D eigenvalue weighted by Crippen LogP contribution is -2.37. The second-order valence-electron chi connectivity index (χ2n) is 8.68. The van der Waals surface area contributed by atoms with Crippen LogP contribution in [0, 0.1) is 0 Å². The summed E-state index contributed by atoms with van der Waals surface area (Å²) in [5.41, 5.74) is -0.0294. The molecule has 1 heterocycles. The van der Waals surface area contributed by atoms with Gasteiger partial charge in [0.1, 0.15) is 12.3 Å². The summed E-state index contributed by atoms with van der Waals surface area (Å²) in [4.78, 5) is 8.93. The van der Waals surface area contributed by atoms with Gasteiger partial charge >= 0.3 is 0 Å². The number of oxazole rings is 1. The van der Waals surface area contributed by atoms with Crippen molar-refractivity contribution >= 4 is 5.96 Å². The van der Waals surface area contributed by atoms with Crippen molar-refractivity contribution in [3.05, 3.63) is 17.8 Å². The molecular formula is C22H40N4O2. The zero-order valence-corrected chi connectivity index (χ0v) is 18.4. The summed E-state index contributed by atoms with van der Waals surface area (Å²) in [5.74, 6) is 2.37. The Balaban J connectivity index is 1.62. The van der Waals surface area contributed by atoms with E-state index in [0.717, 1.165) is 44.3 Å². The van der Waals surface area contributed by atoms with Gasteiger partial charge in [0, 0.05) is 25.1 Å². The van der Waals surface area contributed by atoms with Crippen molar-refractivity contribution in [2.45, 2.75) is 97.1 Å². The van der Waals surface area contributed by atoms with E-state index < -0.39 is 0 Å². The molecule has 1 aromatic heterocycles. The minimum absolute atomic E-state index is 0.0294. The van der Waals surface area contributed by atoms with Crippen molar-refractivity contribution < 1.29 is 9.15 Å². The zero-order chi connectivity index (χ0) is 20.2. The molecule has 28 heavy (non-hydrogen) atoms. The van der Waals surface area contributed by atoms with E-state index in [4.69, 9.17) is 9.15 Å². The molecule has 6 heteroatoms. The van der Waals surface area contributed by atoms with Crippen LogP contribution in [0.2, 0.25) is 0 Å². The molecule has 0 aliphatic heterocycles. The first kappa shape index (κ1) is 22.7. The monoisotopic (exact) mass is 392 g/mol. The third-order valence-electron chi connectivity index (χ3n) is 5.03. The molecule has 1 aliphatic carbocycles. The van der Waals surface area contributed by atoms with E-state index >= 15 is 0 Å². The fourth-order valence-corrected chi connectivity index (χ4v) is 3.31. The molecule has 6 nitrogen and oxygen atoms in total. The Morgan fingerprint density at radius 2 is 1.96 bits per heavy atom. The van der Waals surface area contributed by atoms with E-state index in [1.54, 1.807) is 6.20 Å². The van der Waals surface area contributed by atoms with Crippen molar-refractivity contribution in [1.29, 1.82) is 0 Å². The van der Waals surface area contributed by atoms with Crippen molar-refractivity contribution in [2.75, 3.05) is 19.7 Å². The SMILES string of the molecule is CCNC(=NCc1ncc(C(C)(C)C)o1)NCCCCCOC1CCCCC1. The number of aromatic nitrogens is 1. The molecule has 0 bridgehead atoms. The zero-order valence-electron chi connectivity index (χ0n) is 18.4. The van der Waals surface area contributed by atoms with E-state index in [0.29, 0.717) is 18.5 Å². The van der Waals surface area contributed by atoms with Crippen LogP contribution in [0.3, 0.4) is 0 Å². The predicted molar refractivity (Wildman–Crippen MR) is 115 cm³/mol. The van der Waals surface area contributed by atoms with Crippen LogP contribution in [0.15, 0.2) is 15.6 Å². The largest absolute Gasteiger partial charge is 0.443 e. The first-order valence-electron chi connectivity index (χ1n) is 11.1. The lowest BCUT2D eigenvalue weighted by Gasteiger charge is -2.21. The Morgan fingerprint density at radius 3 is 2.64 bits per heavy atom. The molecule has 0 spiro atoms. The van der Waals surface area contributed by atoms with Gasteiger partial charge in [0.15, 0.2) is 5.96 Å². The van der Waals surface area contributed by atoms with Crippen LogP contribution in [-0.4, -0.2) is 36.7 Å². The Morgan fingerprint density at radius 1 is 1.18 bits per heavy atom. The topological polar surface area (TPSA) is 71.7 Å². The number of ether oxygens (including phenoxy) is 1. The normalized spacial score (nSPS) is 16.4. The van der Waals surface area contributed by atoms with Gasteiger partial charge < -0.3 is 19.8 Å². The highest BCUT2D eigenvalue weighted by Crippen LogP contribution is 2.23. The fraction of sp³-hybridized carbons (Fsp3) is 0.818. The molecule has 2 rings (SSSR count). The summed E-state index contributed by atoms with van der Waals surface area (Å²) in [5, 5.41) is 6.68. The van der Waals surface area contributed by atoms with Gasteiger partial charge in [-0.2, -0.15) is 0 Å². The van der Waals surface area contributed by atoms with Gasteiger partial charge in [0.2, 0.25) is 5.89 Å². The average Bonchev–Trinajstić information content (AvgIpc) is 3.15. The number of guanidine groups is 1. The van der Waals surface area contributed by atoms with Crippen LogP contribution < -0.4 is 10.6 Å². The summed E-state index contributed by atoms with van der Waals surface area (Å²) in [6, 6.07) is 0. The van der Waals surface area contributed by atoms with E-state index in [9.17, 15) is 0 Å². The minimum Gasteiger partial charge on any atom is -0.443 e. The molecule has 0 atom stereocenters. The average molecular weight is 393 g/mol. The Labute approximate surface area is 170 Å². The standard InChI is InChI=1S/C22H40N4O2/c1-5-23-21(26-17-20-25-16-19(28-20)22(2,3)4)24-14-10-7-11-15-27-18-12-8-6-9-13-18/h16,18H,5-15,17H2,1-4H3,(H2,23,24,26). The number of unbranched alkanes of at least 4 members (excludes halogenated alkanes) is 2. The van der Waals surface area contributed by atoms with Gasteiger partial charge in [-0.1, -0.05) is 40.0 Å². The highest BCUT2D eigenvalue weighted by atomic mass is 16.5. The second-order valence-corrected chi connectivity index (χ2v) is 8.68. The van der Waals surface area contributed by atoms with E-state index in [-0.39, 0.29) is 5.41 Å². The molecule has 2 N–H and O–H groups in total. The Hall–Kier alpha value is -1.56. The molecule has 160 valence electrons. The molecule has 0 unspecified atom stereocenters. The number of rotatable bonds is 10. The van der Waals surface area contributed by atoms with Crippen LogP contribution in [0.1, 0.15) is 90.7 Å². The van der Waals surface area contributed by atoms with Gasteiger partial charge in [-0.15, -0.1) is 0 Å². The maximum Gasteiger partial charge on any atom is 0.216 e. The molecule has 1 aliphatic rings. The Bertz CT molecular complexity index is 571. The highest BCUT2D eigenvalue weighted by molar-refractivity contribution is 5.79. The van der Waals surface area contributed by atoms with Crippen molar-refractivity contribution in [2.24, 2.45) is 4.99 Å². The van der Waals surface area contributed by atoms with E-state index in [1.807, 2.05) is 0 Å². The van der Waals surface area contributed by atoms with Gasteiger partial charge in [-0.05, 0) is 39.0 Å². The quantitative estimate of drug-likeness (QED) is 0.347. The Kier molecular flexibility index (Phi) is 9.82. The molecule has 1 saturated carbocycles. The highest BCUT2D eigenvalue weighted by Gasteiger charge is 2.19. The maximum atomic E-state index is 5.99. The first-order valence-corrected chi connectivity index (χ1v) is 11.1. The van der Waals surface area contributed by atoms with E-state index in [2.05, 4.69) is 48.3 Å². The number of hydrogen-bond acceptors (Lipinski definition) is 4. The third-order valence-corrected chi connectivity index (χ3v) is 5.03.